The zero-order chi connectivity index (χ0) is 19.7. The highest BCUT2D eigenvalue weighted by atomic mass is 16.6. The highest BCUT2D eigenvalue weighted by molar-refractivity contribution is 5.83. The van der Waals surface area contributed by atoms with Gasteiger partial charge in [-0.1, -0.05) is 30.3 Å². The summed E-state index contributed by atoms with van der Waals surface area (Å²) in [5, 5.41) is 33.6. The van der Waals surface area contributed by atoms with Gasteiger partial charge in [0.25, 0.3) is 0 Å². The van der Waals surface area contributed by atoms with Crippen LogP contribution >= 0.6 is 0 Å². The number of nitrogens with two attached hydrogens (primary N) is 1. The number of hydrogen-bond acceptors (Lipinski definition) is 10. The number of nitrogen functional groups attached to an aromatic ring is 1. The zero-order valence-electron chi connectivity index (χ0n) is 14.6. The number of fused-ring (bicyclic) bond motifs is 1. The zero-order valence-corrected chi connectivity index (χ0v) is 14.6. The molecule has 4 atom stereocenters. The van der Waals surface area contributed by atoms with Crippen LogP contribution in [0.5, 0.6) is 0 Å². The first-order valence-corrected chi connectivity index (χ1v) is 8.55. The minimum Gasteiger partial charge on any atom is -0.394 e. The molecule has 0 bridgehead atoms. The summed E-state index contributed by atoms with van der Waals surface area (Å²) in [5.74, 6) is 0.249. The Morgan fingerprint density at radius 1 is 1.21 bits per heavy atom. The van der Waals surface area contributed by atoms with Gasteiger partial charge in [0.15, 0.2) is 17.7 Å². The second-order valence-electron chi connectivity index (χ2n) is 6.27. The second kappa shape index (κ2) is 7.48. The van der Waals surface area contributed by atoms with Crippen LogP contribution in [0.15, 0.2) is 41.8 Å². The van der Waals surface area contributed by atoms with E-state index in [4.69, 9.17) is 10.5 Å². The van der Waals surface area contributed by atoms with Crippen LogP contribution in [0.25, 0.3) is 11.2 Å². The first-order chi connectivity index (χ1) is 13.6. The van der Waals surface area contributed by atoms with Crippen LogP contribution in [-0.4, -0.2) is 66.0 Å². The number of aromatic nitrogens is 4. The summed E-state index contributed by atoms with van der Waals surface area (Å²) in [6.45, 7) is -0.431. The highest BCUT2D eigenvalue weighted by Gasteiger charge is 2.44. The maximum atomic E-state index is 10.2. The van der Waals surface area contributed by atoms with Crippen molar-refractivity contribution in [2.24, 2.45) is 5.10 Å². The van der Waals surface area contributed by atoms with Crippen molar-refractivity contribution in [2.75, 3.05) is 17.8 Å². The maximum Gasteiger partial charge on any atom is 0.247 e. The molecular formula is C17H19N7O4. The molecule has 0 radical (unpaired) electrons. The lowest BCUT2D eigenvalue weighted by Crippen LogP contribution is -2.33. The number of imidazole rings is 1. The third-order valence-corrected chi connectivity index (χ3v) is 4.42. The molecule has 146 valence electrons. The average molecular weight is 385 g/mol. The van der Waals surface area contributed by atoms with E-state index < -0.39 is 31.1 Å². The van der Waals surface area contributed by atoms with Crippen molar-refractivity contribution in [1.82, 2.24) is 19.5 Å². The molecular weight excluding hydrogens is 366 g/mol. The fraction of sp³-hybridized carbons (Fsp3) is 0.294. The minimum absolute atomic E-state index is 0.118. The molecule has 4 rings (SSSR count). The van der Waals surface area contributed by atoms with E-state index in [0.717, 1.165) is 5.56 Å². The highest BCUT2D eigenvalue weighted by Crippen LogP contribution is 2.32. The normalized spacial score (nSPS) is 25.0. The predicted molar refractivity (Wildman–Crippen MR) is 100 cm³/mol. The number of aliphatic hydroxyl groups excluding tert-OH is 3. The van der Waals surface area contributed by atoms with Gasteiger partial charge in [0.2, 0.25) is 5.95 Å². The number of benzene rings is 1. The number of hydrazone groups is 1. The van der Waals surface area contributed by atoms with Gasteiger partial charge < -0.3 is 25.8 Å². The summed E-state index contributed by atoms with van der Waals surface area (Å²) in [7, 11) is 0. The number of nitrogens with one attached hydrogen (secondary N) is 1. The van der Waals surface area contributed by atoms with Crippen LogP contribution in [-0.2, 0) is 4.74 Å². The minimum atomic E-state index is -1.27. The van der Waals surface area contributed by atoms with Crippen molar-refractivity contribution in [3.05, 3.63) is 42.2 Å². The standard InChI is InChI=1S/C17H19N7O4/c18-14-11-15(22-17(21-14)23-20-6-9-4-2-1-3-5-9)24(8-19-11)16-13(27)12(26)10(7-25)28-16/h1-6,8,10,12-13,16,25-27H,7H2,(H3,18,21,22,23)/b20-6+/t10-,12-,13-,16-/m1/s1. The van der Waals surface area contributed by atoms with Crippen LogP contribution in [0.4, 0.5) is 11.8 Å². The summed E-state index contributed by atoms with van der Waals surface area (Å²) in [6, 6.07) is 9.46. The molecule has 6 N–H and O–H groups in total. The second-order valence-corrected chi connectivity index (χ2v) is 6.27. The smallest absolute Gasteiger partial charge is 0.247 e. The number of rotatable bonds is 5. The van der Waals surface area contributed by atoms with Crippen LogP contribution in [0, 0.1) is 0 Å². The third kappa shape index (κ3) is 3.27. The van der Waals surface area contributed by atoms with Crippen LogP contribution in [0.1, 0.15) is 11.8 Å². The number of nitrogens with zero attached hydrogens (tertiary/aromatic N) is 5. The molecule has 0 aliphatic carbocycles. The predicted octanol–water partition coefficient (Wildman–Crippen LogP) is -0.534. The van der Waals surface area contributed by atoms with E-state index in [-0.39, 0.29) is 11.8 Å². The summed E-state index contributed by atoms with van der Waals surface area (Å²) >= 11 is 0. The fourth-order valence-electron chi connectivity index (χ4n) is 2.99. The topological polar surface area (TPSA) is 164 Å². The molecule has 1 aromatic carbocycles. The molecule has 28 heavy (non-hydrogen) atoms. The van der Waals surface area contributed by atoms with Crippen LogP contribution in [0.2, 0.25) is 0 Å². The molecule has 11 nitrogen and oxygen atoms in total. The Bertz CT molecular complexity index is 994. The summed E-state index contributed by atoms with van der Waals surface area (Å²) < 4.78 is 6.96. The summed E-state index contributed by atoms with van der Waals surface area (Å²) in [6.07, 6.45) is -1.41. The van der Waals surface area contributed by atoms with E-state index in [1.165, 1.54) is 10.9 Å². The van der Waals surface area contributed by atoms with Gasteiger partial charge in [0.05, 0.1) is 19.1 Å². The molecule has 1 aliphatic rings. The molecule has 0 amide bonds. The molecule has 1 saturated heterocycles. The van der Waals surface area contributed by atoms with E-state index in [1.54, 1.807) is 6.21 Å². The average Bonchev–Trinajstić information content (AvgIpc) is 3.24. The summed E-state index contributed by atoms with van der Waals surface area (Å²) in [5.41, 5.74) is 10.2. The van der Waals surface area contributed by atoms with E-state index in [2.05, 4.69) is 25.5 Å². The maximum absolute atomic E-state index is 10.2. The van der Waals surface area contributed by atoms with Crippen LogP contribution < -0.4 is 11.2 Å². The molecule has 11 heteroatoms. The van der Waals surface area contributed by atoms with E-state index in [0.29, 0.717) is 11.2 Å². The SMILES string of the molecule is Nc1nc(N/N=C/c2ccccc2)nc2c1ncn2[C@@H]1O[C@H](CO)[C@@H](O)[C@H]1O. The van der Waals surface area contributed by atoms with Gasteiger partial charge in [-0.25, -0.2) is 10.4 Å². The van der Waals surface area contributed by atoms with E-state index in [1.807, 2.05) is 30.3 Å². The lowest BCUT2D eigenvalue weighted by molar-refractivity contribution is -0.0511. The van der Waals surface area contributed by atoms with Crippen molar-refractivity contribution < 1.29 is 20.1 Å². The number of aliphatic hydroxyl groups is 3. The lowest BCUT2D eigenvalue weighted by Gasteiger charge is -2.16. The molecule has 0 spiro atoms. The quantitative estimate of drug-likeness (QED) is 0.287. The fourth-order valence-corrected chi connectivity index (χ4v) is 2.99. The van der Waals surface area contributed by atoms with Crippen molar-refractivity contribution in [3.8, 4) is 0 Å². The van der Waals surface area contributed by atoms with Crippen LogP contribution in [0.3, 0.4) is 0 Å². The number of hydrogen-bond donors (Lipinski definition) is 5. The molecule has 1 fully saturated rings. The molecule has 2 aromatic heterocycles. The third-order valence-electron chi connectivity index (χ3n) is 4.42. The molecule has 0 unspecified atom stereocenters. The number of ether oxygens (including phenoxy) is 1. The van der Waals surface area contributed by atoms with Gasteiger partial charge in [0, 0.05) is 0 Å². The number of anilines is 2. The first kappa shape index (κ1) is 18.3. The van der Waals surface area contributed by atoms with Crippen molar-refractivity contribution >= 4 is 29.1 Å². The summed E-state index contributed by atoms with van der Waals surface area (Å²) in [4.78, 5) is 12.6. The van der Waals surface area contributed by atoms with Gasteiger partial charge in [-0.3, -0.25) is 4.57 Å². The van der Waals surface area contributed by atoms with Gasteiger partial charge in [-0.05, 0) is 5.56 Å². The Morgan fingerprint density at radius 2 is 2.00 bits per heavy atom. The Labute approximate surface area is 159 Å². The van der Waals surface area contributed by atoms with Gasteiger partial charge >= 0.3 is 0 Å². The Balaban J connectivity index is 1.63. The largest absolute Gasteiger partial charge is 0.394 e. The van der Waals surface area contributed by atoms with E-state index in [9.17, 15) is 15.3 Å². The molecule has 3 aromatic rings. The Hall–Kier alpha value is -3.12. The van der Waals surface area contributed by atoms with Crippen molar-refractivity contribution in [2.45, 2.75) is 24.5 Å². The lowest BCUT2D eigenvalue weighted by atomic mass is 10.1. The first-order valence-electron chi connectivity index (χ1n) is 8.55. The van der Waals surface area contributed by atoms with Crippen molar-refractivity contribution in [1.29, 1.82) is 0 Å². The van der Waals surface area contributed by atoms with Gasteiger partial charge in [-0.2, -0.15) is 15.1 Å². The molecule has 0 saturated carbocycles. The van der Waals surface area contributed by atoms with Crippen molar-refractivity contribution in [3.63, 3.8) is 0 Å². The molecule has 1 aliphatic heterocycles. The van der Waals surface area contributed by atoms with Gasteiger partial charge in [0.1, 0.15) is 23.8 Å². The van der Waals surface area contributed by atoms with Gasteiger partial charge in [-0.15, -0.1) is 0 Å². The Kier molecular flexibility index (Phi) is 4.88. The monoisotopic (exact) mass is 385 g/mol. The molecule has 3 heterocycles. The van der Waals surface area contributed by atoms with E-state index >= 15 is 0 Å². The Morgan fingerprint density at radius 3 is 2.71 bits per heavy atom.